The van der Waals surface area contributed by atoms with E-state index < -0.39 is 5.91 Å². The van der Waals surface area contributed by atoms with Gasteiger partial charge in [-0.2, -0.15) is 0 Å². The molecular formula is C19H22ClN5O3. The van der Waals surface area contributed by atoms with Crippen molar-refractivity contribution < 1.29 is 14.3 Å². The number of hydrogen-bond donors (Lipinski definition) is 2. The predicted octanol–water partition coefficient (Wildman–Crippen LogP) is 2.01. The number of urea groups is 1. The normalized spacial score (nSPS) is 17.2. The van der Waals surface area contributed by atoms with Crippen LogP contribution in [0.5, 0.6) is 0 Å². The van der Waals surface area contributed by atoms with E-state index in [9.17, 15) is 9.59 Å². The summed E-state index contributed by atoms with van der Waals surface area (Å²) in [6, 6.07) is 3.66. The maximum Gasteiger partial charge on any atom is 0.318 e. The molecule has 2 aromatic heterocycles. The Morgan fingerprint density at radius 2 is 2.07 bits per heavy atom. The maximum absolute atomic E-state index is 12.7. The summed E-state index contributed by atoms with van der Waals surface area (Å²) in [6.07, 6.45) is 4.98. The molecule has 148 valence electrons. The zero-order valence-corrected chi connectivity index (χ0v) is 16.1. The molecule has 0 aliphatic carbocycles. The van der Waals surface area contributed by atoms with Crippen LogP contribution in [0.1, 0.15) is 28.9 Å². The van der Waals surface area contributed by atoms with Crippen LogP contribution in [0.4, 0.5) is 4.79 Å². The largest absolute Gasteiger partial charge is 0.381 e. The average molecular weight is 404 g/mol. The highest BCUT2D eigenvalue weighted by molar-refractivity contribution is 6.36. The molecule has 0 spiro atoms. The number of carbonyl (C=O) groups excluding carboxylic acids is 2. The van der Waals surface area contributed by atoms with Crippen LogP contribution in [0.2, 0.25) is 5.02 Å². The van der Waals surface area contributed by atoms with Crippen LogP contribution < -0.4 is 11.1 Å². The molecule has 0 aromatic carbocycles. The van der Waals surface area contributed by atoms with Gasteiger partial charge in [0, 0.05) is 50.3 Å². The van der Waals surface area contributed by atoms with Crippen LogP contribution >= 0.6 is 11.6 Å². The van der Waals surface area contributed by atoms with Gasteiger partial charge < -0.3 is 25.3 Å². The molecule has 2 aromatic rings. The van der Waals surface area contributed by atoms with Crippen LogP contribution in [0.15, 0.2) is 24.5 Å². The fourth-order valence-electron chi connectivity index (χ4n) is 3.84. The third-order valence-corrected chi connectivity index (χ3v) is 5.63. The maximum atomic E-state index is 12.7. The molecule has 1 saturated heterocycles. The van der Waals surface area contributed by atoms with Crippen molar-refractivity contribution in [1.29, 1.82) is 0 Å². The Morgan fingerprint density at radius 3 is 2.75 bits per heavy atom. The molecule has 9 heteroatoms. The second kappa shape index (κ2) is 7.81. The number of ether oxygens (including phenoxy) is 1. The van der Waals surface area contributed by atoms with E-state index in [2.05, 4.69) is 10.3 Å². The van der Waals surface area contributed by atoms with Gasteiger partial charge in [0.15, 0.2) is 0 Å². The first-order valence-electron chi connectivity index (χ1n) is 9.30. The molecule has 3 amide bonds. The van der Waals surface area contributed by atoms with Gasteiger partial charge >= 0.3 is 6.03 Å². The fourth-order valence-corrected chi connectivity index (χ4v) is 4.26. The predicted molar refractivity (Wildman–Crippen MR) is 104 cm³/mol. The number of nitrogens with zero attached hydrogens (tertiary/aromatic N) is 3. The van der Waals surface area contributed by atoms with Crippen molar-refractivity contribution in [2.24, 2.45) is 5.73 Å². The minimum Gasteiger partial charge on any atom is -0.381 e. The Labute approximate surface area is 167 Å². The first-order chi connectivity index (χ1) is 13.6. The van der Waals surface area contributed by atoms with Crippen molar-refractivity contribution in [2.75, 3.05) is 19.8 Å². The molecular weight excluding hydrogens is 382 g/mol. The molecule has 0 unspecified atom stereocenters. The average Bonchev–Trinajstić information content (AvgIpc) is 3.00. The summed E-state index contributed by atoms with van der Waals surface area (Å²) < 4.78 is 7.30. The van der Waals surface area contributed by atoms with E-state index in [1.807, 2.05) is 16.7 Å². The number of halogens is 1. The minimum atomic E-state index is -0.601. The van der Waals surface area contributed by atoms with E-state index in [1.165, 1.54) is 0 Å². The Hall–Kier alpha value is -2.58. The second-order valence-electron chi connectivity index (χ2n) is 7.00. The lowest BCUT2D eigenvalue weighted by atomic mass is 10.1. The van der Waals surface area contributed by atoms with Gasteiger partial charge in [-0.1, -0.05) is 11.6 Å². The van der Waals surface area contributed by atoms with E-state index in [0.29, 0.717) is 42.7 Å². The Balaban J connectivity index is 1.62. The lowest BCUT2D eigenvalue weighted by Gasteiger charge is -2.32. The van der Waals surface area contributed by atoms with Gasteiger partial charge in [0.25, 0.3) is 5.91 Å². The summed E-state index contributed by atoms with van der Waals surface area (Å²) >= 11 is 6.55. The van der Waals surface area contributed by atoms with Gasteiger partial charge in [0.2, 0.25) is 0 Å². The standard InChI is InChI=1S/C19H22ClN5O3/c20-16-15(18(21)26)14-11-24(19(27)23-13-3-8-28-9-4-13)6-7-25(14)17(16)12-2-1-5-22-10-12/h1-2,5,10,13H,3-4,6-9,11H2,(H2,21,26)(H,23,27). The molecule has 1 fully saturated rings. The molecule has 3 N–H and O–H groups in total. The number of hydrogen-bond acceptors (Lipinski definition) is 4. The summed E-state index contributed by atoms with van der Waals surface area (Å²) in [5.41, 5.74) is 8.06. The van der Waals surface area contributed by atoms with Gasteiger partial charge in [-0.05, 0) is 25.0 Å². The lowest BCUT2D eigenvalue weighted by Crippen LogP contribution is -2.49. The molecule has 4 rings (SSSR count). The number of carbonyl (C=O) groups is 2. The van der Waals surface area contributed by atoms with Crippen LogP contribution in [0.3, 0.4) is 0 Å². The summed E-state index contributed by atoms with van der Waals surface area (Å²) in [4.78, 5) is 30.7. The van der Waals surface area contributed by atoms with Crippen molar-refractivity contribution in [1.82, 2.24) is 19.8 Å². The van der Waals surface area contributed by atoms with Gasteiger partial charge in [-0.3, -0.25) is 9.78 Å². The molecule has 0 bridgehead atoms. The number of nitrogens with one attached hydrogen (secondary N) is 1. The molecule has 28 heavy (non-hydrogen) atoms. The number of fused-ring (bicyclic) bond motifs is 1. The van der Waals surface area contributed by atoms with Gasteiger partial charge in [0.1, 0.15) is 0 Å². The van der Waals surface area contributed by atoms with Gasteiger partial charge in [-0.25, -0.2) is 4.79 Å². The van der Waals surface area contributed by atoms with E-state index in [0.717, 1.165) is 18.4 Å². The quantitative estimate of drug-likeness (QED) is 0.818. The number of amides is 3. The number of primary amides is 1. The van der Waals surface area contributed by atoms with Crippen molar-refractivity contribution in [3.8, 4) is 11.3 Å². The van der Waals surface area contributed by atoms with Crippen molar-refractivity contribution >= 4 is 23.5 Å². The Morgan fingerprint density at radius 1 is 1.29 bits per heavy atom. The first kappa shape index (κ1) is 18.8. The van der Waals surface area contributed by atoms with E-state index in [-0.39, 0.29) is 24.2 Å². The van der Waals surface area contributed by atoms with Gasteiger partial charge in [-0.15, -0.1) is 0 Å². The first-order valence-corrected chi connectivity index (χ1v) is 9.68. The molecule has 8 nitrogen and oxygen atoms in total. The van der Waals surface area contributed by atoms with Gasteiger partial charge in [0.05, 0.1) is 28.5 Å². The lowest BCUT2D eigenvalue weighted by molar-refractivity contribution is 0.0774. The van der Waals surface area contributed by atoms with Crippen LogP contribution in [0.25, 0.3) is 11.3 Å². The summed E-state index contributed by atoms with van der Waals surface area (Å²) in [5, 5.41) is 3.37. The van der Waals surface area contributed by atoms with Crippen molar-refractivity contribution in [3.63, 3.8) is 0 Å². The monoisotopic (exact) mass is 403 g/mol. The number of pyridine rings is 1. The molecule has 0 atom stereocenters. The highest BCUT2D eigenvalue weighted by Gasteiger charge is 2.32. The zero-order chi connectivity index (χ0) is 19.7. The van der Waals surface area contributed by atoms with E-state index in [1.54, 1.807) is 17.3 Å². The SMILES string of the molecule is NC(=O)c1c(Cl)c(-c2cccnc2)n2c1CN(C(=O)NC1CCOCC1)CC2. The molecule has 4 heterocycles. The van der Waals surface area contributed by atoms with Crippen LogP contribution in [-0.4, -0.2) is 52.2 Å². The molecule has 0 radical (unpaired) electrons. The summed E-state index contributed by atoms with van der Waals surface area (Å²) in [6.45, 7) is 2.62. The fraction of sp³-hybridized carbons (Fsp3) is 0.421. The number of nitrogens with two attached hydrogens (primary N) is 1. The van der Waals surface area contributed by atoms with E-state index in [4.69, 9.17) is 22.1 Å². The van der Waals surface area contributed by atoms with Crippen LogP contribution in [0, 0.1) is 0 Å². The third kappa shape index (κ3) is 3.45. The number of rotatable bonds is 3. The smallest absolute Gasteiger partial charge is 0.318 e. The van der Waals surface area contributed by atoms with Crippen molar-refractivity contribution in [2.45, 2.75) is 32.0 Å². The van der Waals surface area contributed by atoms with E-state index >= 15 is 0 Å². The Bertz CT molecular complexity index is 893. The second-order valence-corrected chi connectivity index (χ2v) is 7.38. The molecule has 0 saturated carbocycles. The number of aromatic nitrogens is 2. The summed E-state index contributed by atoms with van der Waals surface area (Å²) in [5.74, 6) is -0.601. The highest BCUT2D eigenvalue weighted by Crippen LogP contribution is 2.37. The Kier molecular flexibility index (Phi) is 5.23. The minimum absolute atomic E-state index is 0.111. The third-order valence-electron chi connectivity index (χ3n) is 5.26. The summed E-state index contributed by atoms with van der Waals surface area (Å²) in [7, 11) is 0. The topological polar surface area (TPSA) is 102 Å². The van der Waals surface area contributed by atoms with Crippen molar-refractivity contribution in [3.05, 3.63) is 40.8 Å². The molecule has 2 aliphatic heterocycles. The zero-order valence-electron chi connectivity index (χ0n) is 15.4. The van der Waals surface area contributed by atoms with Crippen LogP contribution in [-0.2, 0) is 17.8 Å². The highest BCUT2D eigenvalue weighted by atomic mass is 35.5. The molecule has 2 aliphatic rings.